The summed E-state index contributed by atoms with van der Waals surface area (Å²) in [5.74, 6) is 0.703. The van der Waals surface area contributed by atoms with Crippen molar-refractivity contribution in [1.82, 2.24) is 0 Å². The second-order valence-electron chi connectivity index (χ2n) is 5.26. The van der Waals surface area contributed by atoms with Crippen molar-refractivity contribution in [3.05, 3.63) is 23.3 Å². The minimum absolute atomic E-state index is 0.468. The normalized spacial score (nSPS) is 25.1. The summed E-state index contributed by atoms with van der Waals surface area (Å²) in [4.78, 5) is 0. The van der Waals surface area contributed by atoms with Crippen molar-refractivity contribution in [3.8, 4) is 0 Å². The highest BCUT2D eigenvalue weighted by atomic mass is 14.3. The van der Waals surface area contributed by atoms with E-state index in [0.29, 0.717) is 11.3 Å². The third-order valence-corrected chi connectivity index (χ3v) is 2.85. The van der Waals surface area contributed by atoms with E-state index in [9.17, 15) is 0 Å². The van der Waals surface area contributed by atoms with Crippen LogP contribution in [0.1, 0.15) is 47.5 Å². The van der Waals surface area contributed by atoms with E-state index in [4.69, 9.17) is 0 Å². The molecule has 0 atom stereocenters. The Labute approximate surface area is 82.7 Å². The van der Waals surface area contributed by atoms with Crippen molar-refractivity contribution in [3.63, 3.8) is 0 Å². The predicted molar refractivity (Wildman–Crippen MR) is 59.7 cm³/mol. The van der Waals surface area contributed by atoms with Crippen LogP contribution in [-0.2, 0) is 0 Å². The summed E-state index contributed by atoms with van der Waals surface area (Å²) in [6, 6.07) is 0. The molecule has 0 bridgehead atoms. The van der Waals surface area contributed by atoms with Crippen LogP contribution in [0.4, 0.5) is 0 Å². The molecule has 0 fully saturated rings. The van der Waals surface area contributed by atoms with Crippen molar-refractivity contribution in [2.75, 3.05) is 0 Å². The van der Waals surface area contributed by atoms with Crippen molar-refractivity contribution < 1.29 is 0 Å². The van der Waals surface area contributed by atoms with Gasteiger partial charge in [0.1, 0.15) is 0 Å². The molecular weight excluding hydrogens is 156 g/mol. The Kier molecular flexibility index (Phi) is 3.00. The minimum atomic E-state index is 0.468. The third-order valence-electron chi connectivity index (χ3n) is 2.85. The van der Waals surface area contributed by atoms with Crippen molar-refractivity contribution in [1.29, 1.82) is 0 Å². The summed E-state index contributed by atoms with van der Waals surface area (Å²) in [6.07, 6.45) is 7.15. The molecule has 0 aromatic carbocycles. The lowest BCUT2D eigenvalue weighted by molar-refractivity contribution is 0.338. The van der Waals surface area contributed by atoms with E-state index in [1.54, 1.807) is 5.57 Å². The van der Waals surface area contributed by atoms with E-state index in [2.05, 4.69) is 46.8 Å². The quantitative estimate of drug-likeness (QED) is 0.560. The van der Waals surface area contributed by atoms with Gasteiger partial charge in [0, 0.05) is 0 Å². The van der Waals surface area contributed by atoms with E-state index in [0.717, 1.165) is 0 Å². The molecule has 0 N–H and O–H groups in total. The Hall–Kier alpha value is -0.520. The maximum Gasteiger partial charge on any atom is -0.0227 e. The molecule has 0 heteroatoms. The highest BCUT2D eigenvalue weighted by molar-refractivity contribution is 5.30. The minimum Gasteiger partial charge on any atom is -0.0844 e. The molecule has 1 aliphatic rings. The SMILES string of the molecule is C/C=C1/C=C(C(C)C)CC(C)(C)C1. The number of allylic oxidation sites excluding steroid dienone is 4. The first-order valence-electron chi connectivity index (χ1n) is 5.30. The lowest BCUT2D eigenvalue weighted by Crippen LogP contribution is -2.19. The van der Waals surface area contributed by atoms with Crippen LogP contribution in [0.5, 0.6) is 0 Å². The molecule has 74 valence electrons. The van der Waals surface area contributed by atoms with Gasteiger partial charge in [0.25, 0.3) is 0 Å². The maximum absolute atomic E-state index is 2.40. The fraction of sp³-hybridized carbons (Fsp3) is 0.692. The van der Waals surface area contributed by atoms with Crippen LogP contribution in [-0.4, -0.2) is 0 Å². The van der Waals surface area contributed by atoms with Crippen LogP contribution >= 0.6 is 0 Å². The Morgan fingerprint density at radius 3 is 2.38 bits per heavy atom. The second-order valence-corrected chi connectivity index (χ2v) is 5.26. The summed E-state index contributed by atoms with van der Waals surface area (Å²) in [7, 11) is 0. The fourth-order valence-electron chi connectivity index (χ4n) is 2.06. The van der Waals surface area contributed by atoms with Crippen LogP contribution in [0.25, 0.3) is 0 Å². The van der Waals surface area contributed by atoms with Crippen LogP contribution in [0.15, 0.2) is 23.3 Å². The van der Waals surface area contributed by atoms with Crippen LogP contribution in [0, 0.1) is 11.3 Å². The number of hydrogen-bond acceptors (Lipinski definition) is 0. The second kappa shape index (κ2) is 3.69. The van der Waals surface area contributed by atoms with Gasteiger partial charge in [-0.2, -0.15) is 0 Å². The largest absolute Gasteiger partial charge is 0.0844 e. The van der Waals surface area contributed by atoms with E-state index in [-0.39, 0.29) is 0 Å². The van der Waals surface area contributed by atoms with Gasteiger partial charge >= 0.3 is 0 Å². The molecule has 0 saturated heterocycles. The summed E-state index contributed by atoms with van der Waals surface area (Å²) in [5, 5.41) is 0. The van der Waals surface area contributed by atoms with E-state index < -0.39 is 0 Å². The van der Waals surface area contributed by atoms with E-state index >= 15 is 0 Å². The van der Waals surface area contributed by atoms with Gasteiger partial charge < -0.3 is 0 Å². The van der Waals surface area contributed by atoms with E-state index in [1.807, 2.05) is 0 Å². The Bertz CT molecular complexity index is 239. The van der Waals surface area contributed by atoms with Crippen molar-refractivity contribution >= 4 is 0 Å². The molecule has 0 saturated carbocycles. The standard InChI is InChI=1S/C13H22/c1-6-11-7-12(10(2)3)9-13(4,5)8-11/h6-7,10H,8-9H2,1-5H3/b11-6-. The van der Waals surface area contributed by atoms with Crippen molar-refractivity contribution in [2.24, 2.45) is 11.3 Å². The molecule has 0 spiro atoms. The highest BCUT2D eigenvalue weighted by Crippen LogP contribution is 2.40. The van der Waals surface area contributed by atoms with Gasteiger partial charge in [-0.15, -0.1) is 0 Å². The monoisotopic (exact) mass is 178 g/mol. The average molecular weight is 178 g/mol. The highest BCUT2D eigenvalue weighted by Gasteiger charge is 2.25. The molecule has 0 radical (unpaired) electrons. The molecule has 0 aromatic heterocycles. The third kappa shape index (κ3) is 2.72. The first kappa shape index (κ1) is 10.6. The first-order valence-corrected chi connectivity index (χ1v) is 5.30. The maximum atomic E-state index is 2.40. The Morgan fingerprint density at radius 1 is 1.31 bits per heavy atom. The van der Waals surface area contributed by atoms with Gasteiger partial charge in [0.2, 0.25) is 0 Å². The van der Waals surface area contributed by atoms with Gasteiger partial charge in [0.05, 0.1) is 0 Å². The van der Waals surface area contributed by atoms with Gasteiger partial charge in [0.15, 0.2) is 0 Å². The fourth-order valence-corrected chi connectivity index (χ4v) is 2.06. The zero-order valence-electron chi connectivity index (χ0n) is 9.65. The van der Waals surface area contributed by atoms with E-state index in [1.165, 1.54) is 18.4 Å². The molecule has 13 heavy (non-hydrogen) atoms. The molecule has 0 amide bonds. The number of hydrogen-bond donors (Lipinski definition) is 0. The predicted octanol–water partition coefficient (Wildman–Crippen LogP) is 4.34. The summed E-state index contributed by atoms with van der Waals surface area (Å²) in [6.45, 7) is 11.5. The lowest BCUT2D eigenvalue weighted by Gasteiger charge is -2.32. The van der Waals surface area contributed by atoms with Gasteiger partial charge in [-0.3, -0.25) is 0 Å². The van der Waals surface area contributed by atoms with Crippen molar-refractivity contribution in [2.45, 2.75) is 47.5 Å². The van der Waals surface area contributed by atoms with Crippen LogP contribution in [0.3, 0.4) is 0 Å². The molecule has 0 nitrogen and oxygen atoms in total. The van der Waals surface area contributed by atoms with Gasteiger partial charge in [-0.1, -0.05) is 51.0 Å². The van der Waals surface area contributed by atoms with Gasteiger partial charge in [-0.25, -0.2) is 0 Å². The Balaban J connectivity index is 2.92. The lowest BCUT2D eigenvalue weighted by atomic mass is 9.73. The molecule has 1 aliphatic carbocycles. The van der Waals surface area contributed by atoms with Crippen LogP contribution in [0.2, 0.25) is 0 Å². The molecular formula is C13H22. The average Bonchev–Trinajstić information content (AvgIpc) is 2.01. The molecule has 0 aliphatic heterocycles. The van der Waals surface area contributed by atoms with Gasteiger partial charge in [-0.05, 0) is 31.1 Å². The topological polar surface area (TPSA) is 0 Å². The summed E-state index contributed by atoms with van der Waals surface area (Å²) >= 11 is 0. The zero-order chi connectivity index (χ0) is 10.1. The molecule has 0 heterocycles. The van der Waals surface area contributed by atoms with Crippen LogP contribution < -0.4 is 0 Å². The first-order chi connectivity index (χ1) is 5.94. The molecule has 0 unspecified atom stereocenters. The molecule has 0 aromatic rings. The Morgan fingerprint density at radius 2 is 1.92 bits per heavy atom. The smallest absolute Gasteiger partial charge is 0.0227 e. The zero-order valence-corrected chi connectivity index (χ0v) is 9.65. The number of rotatable bonds is 1. The summed E-state index contributed by atoms with van der Waals surface area (Å²) < 4.78 is 0. The summed E-state index contributed by atoms with van der Waals surface area (Å²) in [5.41, 5.74) is 3.60. The molecule has 1 rings (SSSR count).